The molecule has 1 aliphatic rings. The Labute approximate surface area is 112 Å². The van der Waals surface area contributed by atoms with Gasteiger partial charge in [-0.15, -0.1) is 0 Å². The second-order valence-corrected chi connectivity index (χ2v) is 4.90. The van der Waals surface area contributed by atoms with Gasteiger partial charge in [0.1, 0.15) is 5.75 Å². The van der Waals surface area contributed by atoms with Gasteiger partial charge in [0.25, 0.3) is 5.91 Å². The number of amides is 1. The van der Waals surface area contributed by atoms with Crippen molar-refractivity contribution in [2.24, 2.45) is 5.73 Å². The SMILES string of the molecule is CN(C(=O)COc1ccc(CN)cc1Cl)C1CC1. The fourth-order valence-corrected chi connectivity index (χ4v) is 1.95. The molecule has 1 aromatic rings. The zero-order valence-electron chi connectivity index (χ0n) is 10.4. The minimum absolute atomic E-state index is 0.0172. The van der Waals surface area contributed by atoms with E-state index >= 15 is 0 Å². The summed E-state index contributed by atoms with van der Waals surface area (Å²) in [6.45, 7) is 0.456. The first kappa shape index (κ1) is 13.2. The van der Waals surface area contributed by atoms with Crippen molar-refractivity contribution >= 4 is 17.5 Å². The van der Waals surface area contributed by atoms with Crippen molar-refractivity contribution in [2.75, 3.05) is 13.7 Å². The van der Waals surface area contributed by atoms with Crippen LogP contribution in [0.3, 0.4) is 0 Å². The predicted octanol–water partition coefficient (Wildman–Crippen LogP) is 1.80. The third-order valence-electron chi connectivity index (χ3n) is 3.07. The topological polar surface area (TPSA) is 55.6 Å². The molecule has 0 spiro atoms. The molecule has 0 radical (unpaired) electrons. The molecule has 2 rings (SSSR count). The summed E-state index contributed by atoms with van der Waals surface area (Å²) in [6, 6.07) is 5.74. The molecule has 1 aliphatic carbocycles. The molecule has 18 heavy (non-hydrogen) atoms. The Morgan fingerprint density at radius 2 is 2.28 bits per heavy atom. The summed E-state index contributed by atoms with van der Waals surface area (Å²) in [5.74, 6) is 0.503. The average molecular weight is 269 g/mol. The van der Waals surface area contributed by atoms with Gasteiger partial charge in [0.05, 0.1) is 5.02 Å². The van der Waals surface area contributed by atoms with Crippen LogP contribution in [0.5, 0.6) is 5.75 Å². The summed E-state index contributed by atoms with van der Waals surface area (Å²) in [6.07, 6.45) is 2.18. The van der Waals surface area contributed by atoms with Crippen molar-refractivity contribution in [1.29, 1.82) is 0 Å². The smallest absolute Gasteiger partial charge is 0.260 e. The predicted molar refractivity (Wildman–Crippen MR) is 70.6 cm³/mol. The zero-order chi connectivity index (χ0) is 13.1. The van der Waals surface area contributed by atoms with Gasteiger partial charge in [-0.1, -0.05) is 17.7 Å². The molecular weight excluding hydrogens is 252 g/mol. The van der Waals surface area contributed by atoms with Crippen molar-refractivity contribution in [2.45, 2.75) is 25.4 Å². The van der Waals surface area contributed by atoms with E-state index in [1.54, 1.807) is 17.0 Å². The highest BCUT2D eigenvalue weighted by Gasteiger charge is 2.29. The molecule has 4 nitrogen and oxygen atoms in total. The lowest BCUT2D eigenvalue weighted by atomic mass is 10.2. The van der Waals surface area contributed by atoms with E-state index in [-0.39, 0.29) is 12.5 Å². The zero-order valence-corrected chi connectivity index (χ0v) is 11.1. The van der Waals surface area contributed by atoms with E-state index in [2.05, 4.69) is 0 Å². The van der Waals surface area contributed by atoms with Crippen LogP contribution < -0.4 is 10.5 Å². The maximum absolute atomic E-state index is 11.8. The third-order valence-corrected chi connectivity index (χ3v) is 3.37. The first-order chi connectivity index (χ1) is 8.61. The van der Waals surface area contributed by atoms with Gasteiger partial charge in [0.15, 0.2) is 6.61 Å². The summed E-state index contributed by atoms with van der Waals surface area (Å²) in [5.41, 5.74) is 6.45. The molecule has 1 amide bonds. The van der Waals surface area contributed by atoms with Crippen LogP contribution in [0.25, 0.3) is 0 Å². The second kappa shape index (κ2) is 5.59. The molecule has 1 aromatic carbocycles. The molecular formula is C13H17ClN2O2. The number of ether oxygens (including phenoxy) is 1. The van der Waals surface area contributed by atoms with Gasteiger partial charge < -0.3 is 15.4 Å². The van der Waals surface area contributed by atoms with E-state index in [9.17, 15) is 4.79 Å². The first-order valence-corrected chi connectivity index (χ1v) is 6.36. The first-order valence-electron chi connectivity index (χ1n) is 5.98. The number of likely N-dealkylation sites (N-methyl/N-ethyl adjacent to an activating group) is 1. The lowest BCUT2D eigenvalue weighted by Gasteiger charge is -2.16. The molecule has 1 fully saturated rings. The van der Waals surface area contributed by atoms with Crippen LogP contribution in [-0.2, 0) is 11.3 Å². The maximum Gasteiger partial charge on any atom is 0.260 e. The van der Waals surface area contributed by atoms with E-state index in [1.165, 1.54) is 0 Å². The molecule has 2 N–H and O–H groups in total. The number of halogens is 1. The van der Waals surface area contributed by atoms with Crippen LogP contribution in [0, 0.1) is 0 Å². The quantitative estimate of drug-likeness (QED) is 0.886. The molecule has 0 saturated heterocycles. The summed E-state index contributed by atoms with van der Waals surface area (Å²) in [5, 5.41) is 0.486. The molecule has 0 unspecified atom stereocenters. The van der Waals surface area contributed by atoms with Crippen molar-refractivity contribution in [3.8, 4) is 5.75 Å². The summed E-state index contributed by atoms with van der Waals surface area (Å²) in [4.78, 5) is 13.5. The highest BCUT2D eigenvalue weighted by Crippen LogP contribution is 2.27. The minimum atomic E-state index is -0.0172. The van der Waals surface area contributed by atoms with E-state index in [0.717, 1.165) is 18.4 Å². The van der Waals surface area contributed by atoms with Crippen LogP contribution in [-0.4, -0.2) is 30.5 Å². The Morgan fingerprint density at radius 1 is 1.56 bits per heavy atom. The van der Waals surface area contributed by atoms with E-state index < -0.39 is 0 Å². The van der Waals surface area contributed by atoms with Crippen molar-refractivity contribution in [1.82, 2.24) is 4.90 Å². The molecule has 0 atom stereocenters. The summed E-state index contributed by atoms with van der Waals surface area (Å²) < 4.78 is 5.43. The van der Waals surface area contributed by atoms with Gasteiger partial charge in [-0.2, -0.15) is 0 Å². The van der Waals surface area contributed by atoms with Gasteiger partial charge in [-0.3, -0.25) is 4.79 Å². The fraction of sp³-hybridized carbons (Fsp3) is 0.462. The van der Waals surface area contributed by atoms with Gasteiger partial charge >= 0.3 is 0 Å². The maximum atomic E-state index is 11.8. The molecule has 0 aliphatic heterocycles. The monoisotopic (exact) mass is 268 g/mol. The number of hydrogen-bond acceptors (Lipinski definition) is 3. The average Bonchev–Trinajstić information content (AvgIpc) is 3.20. The standard InChI is InChI=1S/C13H17ClN2O2/c1-16(10-3-4-10)13(17)8-18-12-5-2-9(7-15)6-11(12)14/h2,5-6,10H,3-4,7-8,15H2,1H3. The number of carbonyl (C=O) groups is 1. The Kier molecular flexibility index (Phi) is 4.09. The summed E-state index contributed by atoms with van der Waals surface area (Å²) >= 11 is 6.04. The number of nitrogens with zero attached hydrogens (tertiary/aromatic N) is 1. The molecule has 0 bridgehead atoms. The number of hydrogen-bond donors (Lipinski definition) is 1. The third kappa shape index (κ3) is 3.15. The van der Waals surface area contributed by atoms with Gasteiger partial charge in [0.2, 0.25) is 0 Å². The molecule has 98 valence electrons. The van der Waals surface area contributed by atoms with Gasteiger partial charge in [0, 0.05) is 19.6 Å². The highest BCUT2D eigenvalue weighted by molar-refractivity contribution is 6.32. The van der Waals surface area contributed by atoms with E-state index in [4.69, 9.17) is 22.1 Å². The lowest BCUT2D eigenvalue weighted by molar-refractivity contribution is -0.132. The molecule has 1 saturated carbocycles. The Bertz CT molecular complexity index is 447. The number of carbonyl (C=O) groups excluding carboxylic acids is 1. The molecule has 0 aromatic heterocycles. The van der Waals surface area contributed by atoms with Gasteiger partial charge in [-0.25, -0.2) is 0 Å². The summed E-state index contributed by atoms with van der Waals surface area (Å²) in [7, 11) is 1.81. The normalized spacial score (nSPS) is 14.4. The van der Waals surface area contributed by atoms with Gasteiger partial charge in [-0.05, 0) is 30.5 Å². The van der Waals surface area contributed by atoms with Crippen LogP contribution in [0.2, 0.25) is 5.02 Å². The number of benzene rings is 1. The number of rotatable bonds is 5. The van der Waals surface area contributed by atoms with Crippen LogP contribution in [0.1, 0.15) is 18.4 Å². The highest BCUT2D eigenvalue weighted by atomic mass is 35.5. The van der Waals surface area contributed by atoms with Crippen LogP contribution in [0.4, 0.5) is 0 Å². The van der Waals surface area contributed by atoms with Crippen molar-refractivity contribution in [3.63, 3.8) is 0 Å². The Hall–Kier alpha value is -1.26. The van der Waals surface area contributed by atoms with Crippen molar-refractivity contribution < 1.29 is 9.53 Å². The molecule has 0 heterocycles. The Balaban J connectivity index is 1.91. The largest absolute Gasteiger partial charge is 0.482 e. The minimum Gasteiger partial charge on any atom is -0.482 e. The number of nitrogens with two attached hydrogens (primary N) is 1. The van der Waals surface area contributed by atoms with Crippen LogP contribution >= 0.6 is 11.6 Å². The van der Waals surface area contributed by atoms with Crippen LogP contribution in [0.15, 0.2) is 18.2 Å². The van der Waals surface area contributed by atoms with E-state index in [0.29, 0.717) is 23.4 Å². The Morgan fingerprint density at radius 3 is 2.83 bits per heavy atom. The lowest BCUT2D eigenvalue weighted by Crippen LogP contribution is -2.33. The van der Waals surface area contributed by atoms with Crippen molar-refractivity contribution in [3.05, 3.63) is 28.8 Å². The fourth-order valence-electron chi connectivity index (χ4n) is 1.70. The second-order valence-electron chi connectivity index (χ2n) is 4.49. The molecule has 5 heteroatoms. The van der Waals surface area contributed by atoms with E-state index in [1.807, 2.05) is 13.1 Å².